The van der Waals surface area contributed by atoms with Crippen molar-refractivity contribution in [1.82, 2.24) is 0 Å². The lowest BCUT2D eigenvalue weighted by molar-refractivity contribution is 0.577. The molecule has 0 saturated carbocycles. The second-order valence-corrected chi connectivity index (χ2v) is 5.63. The minimum atomic E-state index is -0.664. The maximum absolute atomic E-state index is 13.2. The number of halogens is 3. The van der Waals surface area contributed by atoms with Gasteiger partial charge in [0.15, 0.2) is 0 Å². The quantitative estimate of drug-likeness (QED) is 0.746. The van der Waals surface area contributed by atoms with Crippen LogP contribution in [0.25, 0.3) is 10.1 Å². The lowest BCUT2D eigenvalue weighted by Crippen LogP contribution is -2.10. The molecule has 20 heavy (non-hydrogen) atoms. The van der Waals surface area contributed by atoms with Crippen LogP contribution in [0.2, 0.25) is 0 Å². The van der Waals surface area contributed by atoms with Crippen molar-refractivity contribution in [3.05, 3.63) is 70.4 Å². The molecule has 2 aromatic carbocycles. The highest BCUT2D eigenvalue weighted by Gasteiger charge is 2.14. The molecular weight excluding hydrogens is 283 g/mol. The smallest absolute Gasteiger partial charge is 0.126 e. The summed E-state index contributed by atoms with van der Waals surface area (Å²) in [6, 6.07) is 8.77. The van der Waals surface area contributed by atoms with Crippen LogP contribution in [0, 0.1) is 17.5 Å². The third-order valence-electron chi connectivity index (χ3n) is 3.05. The predicted molar refractivity (Wildman–Crippen MR) is 74.2 cm³/mol. The van der Waals surface area contributed by atoms with Crippen LogP contribution in [0.5, 0.6) is 0 Å². The van der Waals surface area contributed by atoms with Gasteiger partial charge < -0.3 is 5.73 Å². The van der Waals surface area contributed by atoms with Gasteiger partial charge in [-0.25, -0.2) is 13.2 Å². The molecule has 1 aromatic heterocycles. The fraction of sp³-hybridized carbons (Fsp3) is 0.0667. The highest BCUT2D eigenvalue weighted by molar-refractivity contribution is 7.19. The summed E-state index contributed by atoms with van der Waals surface area (Å²) in [5, 5.41) is 0.734. The fourth-order valence-electron chi connectivity index (χ4n) is 2.11. The van der Waals surface area contributed by atoms with Gasteiger partial charge >= 0.3 is 0 Å². The van der Waals surface area contributed by atoms with Crippen LogP contribution >= 0.6 is 11.3 Å². The van der Waals surface area contributed by atoms with Crippen molar-refractivity contribution in [2.24, 2.45) is 5.73 Å². The van der Waals surface area contributed by atoms with Crippen LogP contribution in [0.1, 0.15) is 16.5 Å². The molecule has 3 aromatic rings. The highest BCUT2D eigenvalue weighted by atomic mass is 32.1. The summed E-state index contributed by atoms with van der Waals surface area (Å²) in [5.41, 5.74) is 6.40. The molecule has 0 amide bonds. The van der Waals surface area contributed by atoms with E-state index in [1.54, 1.807) is 12.1 Å². The lowest BCUT2D eigenvalue weighted by atomic mass is 10.1. The average molecular weight is 293 g/mol. The van der Waals surface area contributed by atoms with E-state index in [-0.39, 0.29) is 5.82 Å². The van der Waals surface area contributed by atoms with Crippen molar-refractivity contribution in [2.45, 2.75) is 6.04 Å². The molecule has 0 bridgehead atoms. The molecule has 102 valence electrons. The van der Waals surface area contributed by atoms with Gasteiger partial charge in [0.1, 0.15) is 17.5 Å². The van der Waals surface area contributed by atoms with Gasteiger partial charge in [0.25, 0.3) is 0 Å². The van der Waals surface area contributed by atoms with E-state index < -0.39 is 17.7 Å². The Labute approximate surface area is 117 Å². The van der Waals surface area contributed by atoms with Gasteiger partial charge in [-0.3, -0.25) is 0 Å². The zero-order valence-corrected chi connectivity index (χ0v) is 11.1. The molecule has 1 heterocycles. The van der Waals surface area contributed by atoms with Crippen molar-refractivity contribution < 1.29 is 13.2 Å². The first-order chi connectivity index (χ1) is 9.52. The highest BCUT2D eigenvalue weighted by Crippen LogP contribution is 2.32. The standard InChI is InChI=1S/C15H10F3NS/c16-10-1-2-13-8(3-10)6-14(20-13)15(19)9-4-11(17)7-12(18)5-9/h1-7,15H,19H2. The minimum absolute atomic E-state index is 0.327. The summed E-state index contributed by atoms with van der Waals surface area (Å²) in [7, 11) is 0. The van der Waals surface area contributed by atoms with Gasteiger partial charge in [-0.2, -0.15) is 0 Å². The second kappa shape index (κ2) is 4.92. The van der Waals surface area contributed by atoms with Crippen molar-refractivity contribution >= 4 is 21.4 Å². The Morgan fingerprint density at radius 2 is 1.55 bits per heavy atom. The predicted octanol–water partition coefficient (Wildman–Crippen LogP) is 4.37. The molecule has 0 aliphatic heterocycles. The van der Waals surface area contributed by atoms with E-state index in [9.17, 15) is 13.2 Å². The van der Waals surface area contributed by atoms with E-state index >= 15 is 0 Å². The number of hydrogen-bond acceptors (Lipinski definition) is 2. The summed E-state index contributed by atoms with van der Waals surface area (Å²) < 4.78 is 40.5. The Morgan fingerprint density at radius 1 is 0.850 bits per heavy atom. The number of fused-ring (bicyclic) bond motifs is 1. The van der Waals surface area contributed by atoms with Crippen LogP contribution in [-0.4, -0.2) is 0 Å². The Morgan fingerprint density at radius 3 is 2.25 bits per heavy atom. The van der Waals surface area contributed by atoms with Gasteiger partial charge in [0.2, 0.25) is 0 Å². The molecule has 1 unspecified atom stereocenters. The van der Waals surface area contributed by atoms with Gasteiger partial charge in [0.05, 0.1) is 6.04 Å². The Kier molecular flexibility index (Phi) is 3.23. The monoisotopic (exact) mass is 293 g/mol. The summed E-state index contributed by atoms with van der Waals surface area (Å²) in [6.07, 6.45) is 0. The number of nitrogens with two attached hydrogens (primary N) is 1. The van der Waals surface area contributed by atoms with Crippen molar-refractivity contribution in [3.8, 4) is 0 Å². The summed E-state index contributed by atoms with van der Waals surface area (Å²) in [4.78, 5) is 0.732. The summed E-state index contributed by atoms with van der Waals surface area (Å²) >= 11 is 1.38. The van der Waals surface area contributed by atoms with Gasteiger partial charge in [-0.15, -0.1) is 11.3 Å². The largest absolute Gasteiger partial charge is 0.320 e. The molecule has 1 nitrogen and oxygen atoms in total. The first-order valence-corrected chi connectivity index (χ1v) is 6.75. The third kappa shape index (κ3) is 2.42. The van der Waals surface area contributed by atoms with Crippen LogP contribution in [-0.2, 0) is 0 Å². The molecule has 0 saturated heterocycles. The fourth-order valence-corrected chi connectivity index (χ4v) is 3.18. The molecular formula is C15H10F3NS. The van der Waals surface area contributed by atoms with E-state index in [0.717, 1.165) is 21.0 Å². The maximum Gasteiger partial charge on any atom is 0.126 e. The molecule has 0 aliphatic rings. The van der Waals surface area contributed by atoms with Gasteiger partial charge in [0, 0.05) is 15.6 Å². The van der Waals surface area contributed by atoms with E-state index in [2.05, 4.69) is 0 Å². The van der Waals surface area contributed by atoms with Gasteiger partial charge in [-0.05, 0) is 47.3 Å². The first kappa shape index (κ1) is 13.1. The SMILES string of the molecule is NC(c1cc(F)cc(F)c1)c1cc2cc(F)ccc2s1. The number of hydrogen-bond donors (Lipinski definition) is 1. The molecule has 2 N–H and O–H groups in total. The average Bonchev–Trinajstić information content (AvgIpc) is 2.79. The van der Waals surface area contributed by atoms with Crippen molar-refractivity contribution in [1.29, 1.82) is 0 Å². The van der Waals surface area contributed by atoms with Crippen molar-refractivity contribution in [3.63, 3.8) is 0 Å². The third-order valence-corrected chi connectivity index (χ3v) is 4.25. The van der Waals surface area contributed by atoms with Crippen LogP contribution < -0.4 is 5.73 Å². The zero-order chi connectivity index (χ0) is 14.3. The molecule has 5 heteroatoms. The van der Waals surface area contributed by atoms with Crippen LogP contribution in [0.4, 0.5) is 13.2 Å². The van der Waals surface area contributed by atoms with Crippen LogP contribution in [0.15, 0.2) is 42.5 Å². The normalized spacial score (nSPS) is 12.8. The Hall–Kier alpha value is -1.85. The molecule has 3 rings (SSSR count). The summed E-state index contributed by atoms with van der Waals surface area (Å²) in [5.74, 6) is -1.66. The zero-order valence-electron chi connectivity index (χ0n) is 10.2. The Balaban J connectivity index is 2.05. The number of benzene rings is 2. The molecule has 0 radical (unpaired) electrons. The number of thiophene rings is 1. The molecule has 1 atom stereocenters. The van der Waals surface area contributed by atoms with E-state index in [0.29, 0.717) is 5.56 Å². The molecule has 0 spiro atoms. The van der Waals surface area contributed by atoms with Gasteiger partial charge in [-0.1, -0.05) is 0 Å². The van der Waals surface area contributed by atoms with E-state index in [1.165, 1.54) is 35.6 Å². The molecule has 0 aliphatic carbocycles. The first-order valence-electron chi connectivity index (χ1n) is 5.93. The summed E-state index contributed by atoms with van der Waals surface area (Å²) in [6.45, 7) is 0. The topological polar surface area (TPSA) is 26.0 Å². The second-order valence-electron chi connectivity index (χ2n) is 4.51. The molecule has 0 fully saturated rings. The van der Waals surface area contributed by atoms with E-state index in [4.69, 9.17) is 5.73 Å². The Bertz CT molecular complexity index is 762. The lowest BCUT2D eigenvalue weighted by Gasteiger charge is -2.10. The minimum Gasteiger partial charge on any atom is -0.320 e. The number of rotatable bonds is 2. The van der Waals surface area contributed by atoms with E-state index in [1.807, 2.05) is 0 Å². The maximum atomic E-state index is 13.2. The van der Waals surface area contributed by atoms with Crippen LogP contribution in [0.3, 0.4) is 0 Å². The van der Waals surface area contributed by atoms with Crippen molar-refractivity contribution in [2.75, 3.05) is 0 Å².